The molecule has 2 amide bonds. The van der Waals surface area contributed by atoms with Gasteiger partial charge in [-0.15, -0.1) is 13.2 Å². The average molecular weight is 451 g/mol. The number of hydrogen-bond donors (Lipinski definition) is 3. The number of aliphatic hydroxyl groups excluding tert-OH is 1. The zero-order chi connectivity index (χ0) is 23.4. The first-order chi connectivity index (χ1) is 14.3. The lowest BCUT2D eigenvalue weighted by Crippen LogP contribution is -2.37. The number of carbonyl (C=O) groups excluding carboxylic acids is 2. The molecule has 1 aromatic carbocycles. The number of hydrogen-bond acceptors (Lipinski definition) is 4. The summed E-state index contributed by atoms with van der Waals surface area (Å²) in [4.78, 5) is 23.5. The Bertz CT molecular complexity index is 790. The lowest BCUT2D eigenvalue weighted by atomic mass is 9.75. The van der Waals surface area contributed by atoms with Crippen LogP contribution in [0.1, 0.15) is 48.0 Å². The fourth-order valence-corrected chi connectivity index (χ4v) is 3.86. The second-order valence-corrected chi connectivity index (χ2v) is 7.65. The molecular weight excluding hydrogens is 427 g/mol. The lowest BCUT2D eigenvalue weighted by molar-refractivity contribution is -0.274. The number of benzene rings is 1. The predicted molar refractivity (Wildman–Crippen MR) is 99.9 cm³/mol. The smallest absolute Gasteiger partial charge is 0.405 e. The van der Waals surface area contributed by atoms with Gasteiger partial charge in [0.1, 0.15) is 5.75 Å². The largest absolute Gasteiger partial charge is 0.573 e. The van der Waals surface area contributed by atoms with Gasteiger partial charge in [0.15, 0.2) is 0 Å². The molecule has 31 heavy (non-hydrogen) atoms. The van der Waals surface area contributed by atoms with Crippen molar-refractivity contribution < 1.29 is 41.4 Å². The molecule has 1 aliphatic carbocycles. The van der Waals surface area contributed by atoms with Crippen LogP contribution < -0.4 is 16.2 Å². The molecule has 2 atom stereocenters. The van der Waals surface area contributed by atoms with E-state index < -0.39 is 53.4 Å². The highest BCUT2D eigenvalue weighted by atomic mass is 19.4. The Morgan fingerprint density at radius 3 is 2.35 bits per heavy atom. The van der Waals surface area contributed by atoms with Crippen molar-refractivity contribution in [2.75, 3.05) is 0 Å². The highest BCUT2D eigenvalue weighted by Crippen LogP contribution is 2.40. The molecular formula is C20H24F5N2O4. The number of nitrogens with two attached hydrogens (primary N) is 2. The Morgan fingerprint density at radius 1 is 1.23 bits per heavy atom. The van der Waals surface area contributed by atoms with Gasteiger partial charge in [0, 0.05) is 18.8 Å². The third kappa shape index (κ3) is 7.34. The summed E-state index contributed by atoms with van der Waals surface area (Å²) in [6.07, 6.45) is -5.78. The minimum absolute atomic E-state index is 0.0845. The summed E-state index contributed by atoms with van der Waals surface area (Å²) < 4.78 is 68.2. The van der Waals surface area contributed by atoms with Crippen molar-refractivity contribution in [3.8, 4) is 5.75 Å². The zero-order valence-corrected chi connectivity index (χ0v) is 16.5. The fourth-order valence-electron chi connectivity index (χ4n) is 3.86. The minimum Gasteiger partial charge on any atom is -0.405 e. The molecule has 2 rings (SSSR count). The molecule has 2 unspecified atom stereocenters. The molecule has 0 aromatic heterocycles. The number of rotatable bonds is 9. The van der Waals surface area contributed by atoms with E-state index in [2.05, 4.69) is 4.74 Å². The summed E-state index contributed by atoms with van der Waals surface area (Å²) in [6, 6.07) is 3.52. The number of halogens is 5. The van der Waals surface area contributed by atoms with E-state index in [1.807, 2.05) is 0 Å². The van der Waals surface area contributed by atoms with E-state index in [1.54, 1.807) is 0 Å². The molecule has 1 saturated carbocycles. The van der Waals surface area contributed by atoms with Gasteiger partial charge in [-0.05, 0) is 49.7 Å². The van der Waals surface area contributed by atoms with Crippen molar-refractivity contribution >= 4 is 11.8 Å². The Balaban J connectivity index is 2.06. The quantitative estimate of drug-likeness (QED) is 0.501. The number of alkyl halides is 5. The van der Waals surface area contributed by atoms with Crippen molar-refractivity contribution in [2.24, 2.45) is 23.3 Å². The van der Waals surface area contributed by atoms with Gasteiger partial charge >= 0.3 is 6.36 Å². The van der Waals surface area contributed by atoms with Gasteiger partial charge in [-0.25, -0.2) is 8.78 Å². The fraction of sp³-hybridized carbons (Fsp3) is 0.550. The molecule has 0 spiro atoms. The molecule has 11 heteroatoms. The van der Waals surface area contributed by atoms with E-state index in [1.165, 1.54) is 18.6 Å². The molecule has 0 heterocycles. The first-order valence-electron chi connectivity index (χ1n) is 9.65. The Kier molecular flexibility index (Phi) is 7.85. The molecule has 6 nitrogen and oxygen atoms in total. The molecule has 0 bridgehead atoms. The van der Waals surface area contributed by atoms with Crippen LogP contribution in [0.3, 0.4) is 0 Å². The van der Waals surface area contributed by atoms with Crippen LogP contribution in [0.5, 0.6) is 5.75 Å². The van der Waals surface area contributed by atoms with E-state index in [4.69, 9.17) is 11.5 Å². The number of amides is 2. The Morgan fingerprint density at radius 2 is 1.84 bits per heavy atom. The van der Waals surface area contributed by atoms with Crippen molar-refractivity contribution in [1.29, 1.82) is 0 Å². The molecule has 1 radical (unpaired) electrons. The van der Waals surface area contributed by atoms with Gasteiger partial charge in [0.2, 0.25) is 11.8 Å². The van der Waals surface area contributed by atoms with Gasteiger partial charge in [-0.3, -0.25) is 9.59 Å². The van der Waals surface area contributed by atoms with E-state index in [9.17, 15) is 36.6 Å². The van der Waals surface area contributed by atoms with Gasteiger partial charge in [0.25, 0.3) is 5.91 Å². The number of primary amides is 2. The number of aliphatic hydroxyl groups is 1. The zero-order valence-electron chi connectivity index (χ0n) is 16.5. The second-order valence-electron chi connectivity index (χ2n) is 7.65. The standard InChI is InChI=1S/C20H24F5N2O4/c21-19(22)8-6-11(7-9-19)14(17(26)29)10-13(28)5-4-12-2-1-3-15(16(12)18(27)30)31-20(23,24)25/h1-3,5,11,13-14,28H,4,6-10H2,(H2,26,29)(H2,27,30). The van der Waals surface area contributed by atoms with E-state index >= 15 is 0 Å². The molecule has 1 aromatic rings. The van der Waals surface area contributed by atoms with Crippen molar-refractivity contribution in [3.05, 3.63) is 35.7 Å². The maximum atomic E-state index is 13.4. The molecule has 0 saturated heterocycles. The summed E-state index contributed by atoms with van der Waals surface area (Å²) in [6.45, 7) is 0. The summed E-state index contributed by atoms with van der Waals surface area (Å²) >= 11 is 0. The molecule has 1 aliphatic rings. The summed E-state index contributed by atoms with van der Waals surface area (Å²) in [7, 11) is 0. The maximum Gasteiger partial charge on any atom is 0.573 e. The Labute approximate surface area is 175 Å². The lowest BCUT2D eigenvalue weighted by Gasteiger charge is -2.33. The highest BCUT2D eigenvalue weighted by Gasteiger charge is 2.39. The third-order valence-corrected chi connectivity index (χ3v) is 5.39. The van der Waals surface area contributed by atoms with Gasteiger partial charge in [-0.2, -0.15) is 0 Å². The van der Waals surface area contributed by atoms with E-state index in [0.717, 1.165) is 6.07 Å². The monoisotopic (exact) mass is 451 g/mol. The Hall–Kier alpha value is -2.43. The average Bonchev–Trinajstić information content (AvgIpc) is 2.63. The first kappa shape index (κ1) is 24.8. The molecule has 1 fully saturated rings. The second kappa shape index (κ2) is 9.80. The van der Waals surface area contributed by atoms with E-state index in [0.29, 0.717) is 0 Å². The third-order valence-electron chi connectivity index (χ3n) is 5.39. The maximum absolute atomic E-state index is 13.4. The minimum atomic E-state index is -5.03. The van der Waals surface area contributed by atoms with Crippen molar-refractivity contribution in [2.45, 2.75) is 56.9 Å². The van der Waals surface area contributed by atoms with Crippen LogP contribution in [0.15, 0.2) is 18.2 Å². The topological polar surface area (TPSA) is 116 Å². The number of ether oxygens (including phenoxy) is 1. The van der Waals surface area contributed by atoms with Gasteiger partial charge in [-0.1, -0.05) is 12.1 Å². The van der Waals surface area contributed by atoms with Crippen LogP contribution in [-0.4, -0.2) is 35.3 Å². The summed E-state index contributed by atoms with van der Waals surface area (Å²) in [5.41, 5.74) is 10.2. The van der Waals surface area contributed by atoms with Gasteiger partial charge in [0.05, 0.1) is 11.7 Å². The van der Waals surface area contributed by atoms with Gasteiger partial charge < -0.3 is 21.3 Å². The van der Waals surface area contributed by atoms with Crippen LogP contribution in [0, 0.1) is 18.3 Å². The molecule has 5 N–H and O–H groups in total. The summed E-state index contributed by atoms with van der Waals surface area (Å²) in [5, 5.41) is 10.3. The first-order valence-corrected chi connectivity index (χ1v) is 9.65. The van der Waals surface area contributed by atoms with Crippen LogP contribution >= 0.6 is 0 Å². The summed E-state index contributed by atoms with van der Waals surface area (Å²) in [5.74, 6) is -6.64. The SMILES string of the molecule is NC(=O)c1c(C[CH]C(O)CC(C(N)=O)C2CCC(F)(F)CC2)cccc1OC(F)(F)F. The van der Waals surface area contributed by atoms with Crippen LogP contribution in [0.2, 0.25) is 0 Å². The van der Waals surface area contributed by atoms with E-state index in [-0.39, 0.29) is 44.1 Å². The normalized spacial score (nSPS) is 18.9. The molecule has 173 valence electrons. The van der Waals surface area contributed by atoms with Crippen LogP contribution in [-0.2, 0) is 11.2 Å². The number of carbonyl (C=O) groups is 2. The molecule has 0 aliphatic heterocycles. The van der Waals surface area contributed by atoms with Crippen molar-refractivity contribution in [3.63, 3.8) is 0 Å². The predicted octanol–water partition coefficient (Wildman–Crippen LogP) is 3.11. The van der Waals surface area contributed by atoms with Crippen LogP contribution in [0.4, 0.5) is 22.0 Å². The highest BCUT2D eigenvalue weighted by molar-refractivity contribution is 5.97. The van der Waals surface area contributed by atoms with Crippen LogP contribution in [0.25, 0.3) is 0 Å². The van der Waals surface area contributed by atoms with Crippen molar-refractivity contribution in [1.82, 2.24) is 0 Å².